The van der Waals surface area contributed by atoms with Crippen molar-refractivity contribution in [1.82, 2.24) is 14.3 Å². The molecule has 3 atom stereocenters. The third-order valence-corrected chi connectivity index (χ3v) is 6.70. The zero-order valence-corrected chi connectivity index (χ0v) is 18.8. The number of β-lactam (4-membered cyclic amide) rings is 1. The molecule has 1 saturated heterocycles. The molecular weight excluding hydrogens is 436 g/mol. The maximum atomic E-state index is 13.0. The van der Waals surface area contributed by atoms with E-state index in [9.17, 15) is 24.8 Å². The monoisotopic (exact) mass is 458 g/mol. The number of amides is 1. The van der Waals surface area contributed by atoms with E-state index >= 15 is 0 Å². The number of hydrogen-bond acceptors (Lipinski definition) is 9. The molecule has 2 aromatic rings. The number of carbonyl (C=O) groups is 3. The van der Waals surface area contributed by atoms with E-state index < -0.39 is 36.2 Å². The van der Waals surface area contributed by atoms with E-state index in [0.717, 1.165) is 0 Å². The predicted molar refractivity (Wildman–Crippen MR) is 112 cm³/mol. The topological polar surface area (TPSA) is 134 Å². The van der Waals surface area contributed by atoms with Crippen molar-refractivity contribution in [3.8, 4) is 6.07 Å². The van der Waals surface area contributed by atoms with Gasteiger partial charge in [-0.1, -0.05) is 0 Å². The fraction of sp³-hybridized carbons (Fsp3) is 0.476. The van der Waals surface area contributed by atoms with Gasteiger partial charge in [0.15, 0.2) is 5.69 Å². The van der Waals surface area contributed by atoms with E-state index in [1.165, 1.54) is 22.6 Å². The van der Waals surface area contributed by atoms with Crippen LogP contribution >= 0.6 is 11.3 Å². The summed E-state index contributed by atoms with van der Waals surface area (Å²) < 4.78 is 11.9. The first-order valence-electron chi connectivity index (χ1n) is 10.00. The Morgan fingerprint density at radius 3 is 2.75 bits per heavy atom. The SMILES string of the molecule is C[C@@H](O)[C@H]1C(=O)N2C(C(=O)OCOC(=O)C(C)(C)C)=C(c3cn4cnc(C#N)c4s3)C[C@H]12. The molecule has 0 aromatic carbocycles. The third-order valence-electron chi connectivity index (χ3n) is 5.53. The second-order valence-corrected chi connectivity index (χ2v) is 9.85. The fourth-order valence-corrected chi connectivity index (χ4v) is 4.99. The van der Waals surface area contributed by atoms with E-state index in [-0.39, 0.29) is 23.3 Å². The summed E-state index contributed by atoms with van der Waals surface area (Å²) in [6, 6.07) is 1.65. The van der Waals surface area contributed by atoms with Crippen LogP contribution in [0.3, 0.4) is 0 Å². The molecule has 2 aliphatic heterocycles. The number of ether oxygens (including phenoxy) is 2. The lowest BCUT2D eigenvalue weighted by molar-refractivity contribution is -0.175. The molecule has 1 N–H and O–H groups in total. The maximum absolute atomic E-state index is 13.0. The van der Waals surface area contributed by atoms with Crippen molar-refractivity contribution in [2.75, 3.05) is 6.79 Å². The van der Waals surface area contributed by atoms with Gasteiger partial charge in [-0.2, -0.15) is 5.26 Å². The number of nitrogens with zero attached hydrogens (tertiary/aromatic N) is 4. The zero-order chi connectivity index (χ0) is 23.4. The van der Waals surface area contributed by atoms with Crippen LogP contribution in [0.5, 0.6) is 0 Å². The van der Waals surface area contributed by atoms with Crippen molar-refractivity contribution in [2.45, 2.75) is 46.3 Å². The van der Waals surface area contributed by atoms with Gasteiger partial charge in [0.2, 0.25) is 12.7 Å². The van der Waals surface area contributed by atoms with Crippen molar-refractivity contribution in [2.24, 2.45) is 11.3 Å². The van der Waals surface area contributed by atoms with E-state index in [4.69, 9.17) is 9.47 Å². The van der Waals surface area contributed by atoms with Crippen LogP contribution in [-0.4, -0.2) is 56.2 Å². The van der Waals surface area contributed by atoms with Gasteiger partial charge >= 0.3 is 11.9 Å². The molecule has 2 aromatic heterocycles. The van der Waals surface area contributed by atoms with E-state index in [1.54, 1.807) is 38.3 Å². The summed E-state index contributed by atoms with van der Waals surface area (Å²) in [4.78, 5) is 44.3. The fourth-order valence-electron chi connectivity index (χ4n) is 3.92. The minimum atomic E-state index is -0.860. The Balaban J connectivity index is 1.64. The molecule has 4 heterocycles. The number of thiazole rings is 1. The first-order valence-corrected chi connectivity index (χ1v) is 10.8. The van der Waals surface area contributed by atoms with Gasteiger partial charge in [-0.3, -0.25) is 14.0 Å². The van der Waals surface area contributed by atoms with Crippen LogP contribution in [0.2, 0.25) is 0 Å². The molecule has 1 fully saturated rings. The summed E-state index contributed by atoms with van der Waals surface area (Å²) in [7, 11) is 0. The standard InChI is InChI=1S/C21H22N4O6S/c1-10(26)15-13-5-11(14-7-24-8-23-12(6-22)18(24)32-14)16(25(13)17(15)27)19(28)30-9-31-20(29)21(2,3)4/h7-8,10,13,15,26H,5,9H2,1-4H3/t10-,13-,15-/m1/s1. The molecule has 10 nitrogen and oxygen atoms in total. The second kappa shape index (κ2) is 7.72. The number of aliphatic hydroxyl groups is 1. The van der Waals surface area contributed by atoms with Gasteiger partial charge in [-0.05, 0) is 34.1 Å². The van der Waals surface area contributed by atoms with Gasteiger partial charge in [0.25, 0.3) is 0 Å². The zero-order valence-electron chi connectivity index (χ0n) is 18.0. The van der Waals surface area contributed by atoms with Gasteiger partial charge in [0.05, 0.1) is 28.4 Å². The summed E-state index contributed by atoms with van der Waals surface area (Å²) in [5.74, 6) is -2.29. The molecule has 0 saturated carbocycles. The van der Waals surface area contributed by atoms with Crippen LogP contribution in [0.1, 0.15) is 44.7 Å². The number of aromatic nitrogens is 2. The van der Waals surface area contributed by atoms with Crippen molar-refractivity contribution < 1.29 is 29.0 Å². The molecule has 0 bridgehead atoms. The summed E-state index contributed by atoms with van der Waals surface area (Å²) in [5.41, 5.74) is 0.161. The normalized spacial score (nSPS) is 21.2. The van der Waals surface area contributed by atoms with E-state index in [2.05, 4.69) is 4.98 Å². The molecule has 1 amide bonds. The van der Waals surface area contributed by atoms with Crippen molar-refractivity contribution in [1.29, 1.82) is 5.26 Å². The molecular formula is C21H22N4O6S. The highest BCUT2D eigenvalue weighted by atomic mass is 32.1. The molecule has 2 aliphatic rings. The second-order valence-electron chi connectivity index (χ2n) is 8.82. The van der Waals surface area contributed by atoms with Crippen LogP contribution in [0, 0.1) is 22.7 Å². The average molecular weight is 458 g/mol. The highest BCUT2D eigenvalue weighted by Crippen LogP contribution is 2.48. The highest BCUT2D eigenvalue weighted by molar-refractivity contribution is 7.18. The summed E-state index contributed by atoms with van der Waals surface area (Å²) in [5, 5.41) is 19.2. The first-order chi connectivity index (χ1) is 15.0. The minimum Gasteiger partial charge on any atom is -0.427 e. The number of hydrogen-bond donors (Lipinski definition) is 1. The Morgan fingerprint density at radius 2 is 2.12 bits per heavy atom. The number of esters is 2. The Morgan fingerprint density at radius 1 is 1.41 bits per heavy atom. The Kier molecular flexibility index (Phi) is 5.30. The molecule has 0 radical (unpaired) electrons. The van der Waals surface area contributed by atoms with Crippen LogP contribution in [0.15, 0.2) is 18.2 Å². The number of carbonyl (C=O) groups excluding carboxylic acids is 3. The number of aliphatic hydroxyl groups excluding tert-OH is 1. The Bertz CT molecular complexity index is 1200. The van der Waals surface area contributed by atoms with Crippen LogP contribution in [0.4, 0.5) is 0 Å². The molecule has 168 valence electrons. The summed E-state index contributed by atoms with van der Waals surface area (Å²) in [6.07, 6.45) is 2.74. The lowest BCUT2D eigenvalue weighted by Crippen LogP contribution is -2.61. The molecule has 0 aliphatic carbocycles. The first kappa shape index (κ1) is 22.0. The molecule has 0 unspecified atom stereocenters. The maximum Gasteiger partial charge on any atom is 0.358 e. The summed E-state index contributed by atoms with van der Waals surface area (Å²) >= 11 is 1.27. The third kappa shape index (κ3) is 3.45. The Labute approximate surface area is 187 Å². The predicted octanol–water partition coefficient (Wildman–Crippen LogP) is 1.68. The van der Waals surface area contributed by atoms with Gasteiger partial charge in [0, 0.05) is 11.8 Å². The van der Waals surface area contributed by atoms with E-state index in [0.29, 0.717) is 21.7 Å². The molecule has 32 heavy (non-hydrogen) atoms. The van der Waals surface area contributed by atoms with Crippen LogP contribution < -0.4 is 0 Å². The number of nitriles is 1. The quantitative estimate of drug-likeness (QED) is 0.406. The van der Waals surface area contributed by atoms with Crippen LogP contribution in [0.25, 0.3) is 10.4 Å². The van der Waals surface area contributed by atoms with Gasteiger partial charge in [0.1, 0.15) is 22.9 Å². The number of imidazole rings is 1. The summed E-state index contributed by atoms with van der Waals surface area (Å²) in [6.45, 7) is 6.00. The molecule has 0 spiro atoms. The van der Waals surface area contributed by atoms with Gasteiger partial charge in [-0.25, -0.2) is 9.78 Å². The van der Waals surface area contributed by atoms with E-state index in [1.807, 2.05) is 6.07 Å². The van der Waals surface area contributed by atoms with Crippen molar-refractivity contribution >= 4 is 39.6 Å². The lowest BCUT2D eigenvalue weighted by Gasteiger charge is -2.44. The highest BCUT2D eigenvalue weighted by Gasteiger charge is 2.57. The van der Waals surface area contributed by atoms with Crippen LogP contribution in [-0.2, 0) is 23.9 Å². The smallest absolute Gasteiger partial charge is 0.358 e. The van der Waals surface area contributed by atoms with Crippen molar-refractivity contribution in [3.05, 3.63) is 28.8 Å². The Hall–Kier alpha value is -3.23. The number of fused-ring (bicyclic) bond motifs is 2. The van der Waals surface area contributed by atoms with Gasteiger partial charge in [-0.15, -0.1) is 11.3 Å². The average Bonchev–Trinajstić information content (AvgIpc) is 3.36. The largest absolute Gasteiger partial charge is 0.427 e. The van der Waals surface area contributed by atoms with Gasteiger partial charge < -0.3 is 19.5 Å². The number of rotatable bonds is 5. The molecule has 4 rings (SSSR count). The van der Waals surface area contributed by atoms with Crippen molar-refractivity contribution in [3.63, 3.8) is 0 Å². The lowest BCUT2D eigenvalue weighted by atomic mass is 9.83. The minimum absolute atomic E-state index is 0.0691. The molecule has 11 heteroatoms.